The molecule has 0 aliphatic heterocycles. The molecule has 0 unspecified atom stereocenters. The van der Waals surface area contributed by atoms with E-state index in [0.29, 0.717) is 22.8 Å². The number of carbonyl (C=O) groups excluding carboxylic acids is 1. The Labute approximate surface area is 183 Å². The lowest BCUT2D eigenvalue weighted by Gasteiger charge is -2.30. The first-order valence-electron chi connectivity index (χ1n) is 10.6. The first-order valence-corrected chi connectivity index (χ1v) is 11.0. The van der Waals surface area contributed by atoms with Gasteiger partial charge in [0.05, 0.1) is 11.4 Å². The van der Waals surface area contributed by atoms with Crippen molar-refractivity contribution in [3.05, 3.63) is 82.5 Å². The molecule has 4 heteroatoms. The third-order valence-electron chi connectivity index (χ3n) is 6.06. The summed E-state index contributed by atoms with van der Waals surface area (Å²) in [4.78, 5) is 13.3. The zero-order valence-electron chi connectivity index (χ0n) is 17.7. The largest absolute Gasteiger partial charge is 0.271 e. The summed E-state index contributed by atoms with van der Waals surface area (Å²) < 4.78 is 1.65. The van der Waals surface area contributed by atoms with Crippen molar-refractivity contribution in [1.29, 1.82) is 0 Å². The third kappa shape index (κ3) is 3.99. The summed E-state index contributed by atoms with van der Waals surface area (Å²) >= 11 is 6.10. The molecule has 1 heterocycles. The summed E-state index contributed by atoms with van der Waals surface area (Å²) in [6.45, 7) is 6.70. The van der Waals surface area contributed by atoms with Crippen molar-refractivity contribution < 1.29 is 4.79 Å². The van der Waals surface area contributed by atoms with Crippen molar-refractivity contribution in [3.63, 3.8) is 0 Å². The summed E-state index contributed by atoms with van der Waals surface area (Å²) in [6.07, 6.45) is 5.67. The number of rotatable bonds is 4. The van der Waals surface area contributed by atoms with Gasteiger partial charge in [-0.3, -0.25) is 4.79 Å². The zero-order valence-corrected chi connectivity index (χ0v) is 18.4. The highest BCUT2D eigenvalue weighted by Crippen LogP contribution is 2.46. The van der Waals surface area contributed by atoms with Crippen LogP contribution in [0.25, 0.3) is 17.3 Å². The number of nitrogens with zero attached hydrogens (tertiary/aromatic N) is 2. The highest BCUT2D eigenvalue weighted by Gasteiger charge is 2.35. The quantitative estimate of drug-likeness (QED) is 0.420. The third-order valence-corrected chi connectivity index (χ3v) is 6.32. The fourth-order valence-electron chi connectivity index (χ4n) is 4.44. The molecule has 2 aromatic carbocycles. The first kappa shape index (κ1) is 20.6. The summed E-state index contributed by atoms with van der Waals surface area (Å²) in [5, 5.41) is 5.56. The van der Waals surface area contributed by atoms with Crippen LogP contribution in [0.5, 0.6) is 0 Å². The Balaban J connectivity index is 1.83. The Bertz CT molecular complexity index is 1060. The van der Waals surface area contributed by atoms with Gasteiger partial charge in [0, 0.05) is 28.1 Å². The van der Waals surface area contributed by atoms with Gasteiger partial charge in [-0.2, -0.15) is 5.10 Å². The molecule has 0 saturated heterocycles. The maximum absolute atomic E-state index is 13.3. The van der Waals surface area contributed by atoms with Crippen molar-refractivity contribution in [2.45, 2.75) is 45.4 Å². The van der Waals surface area contributed by atoms with Crippen LogP contribution in [0.3, 0.4) is 0 Å². The Hall–Kier alpha value is -2.65. The second-order valence-corrected chi connectivity index (χ2v) is 8.91. The fraction of sp³-hybridized carbons (Fsp3) is 0.308. The van der Waals surface area contributed by atoms with Gasteiger partial charge in [0.15, 0.2) is 0 Å². The average Bonchev–Trinajstić information content (AvgIpc) is 3.15. The second kappa shape index (κ2) is 8.61. The molecule has 4 rings (SSSR count). The van der Waals surface area contributed by atoms with E-state index in [1.54, 1.807) is 10.8 Å². The molecule has 2 atom stereocenters. The van der Waals surface area contributed by atoms with E-state index in [9.17, 15) is 4.79 Å². The van der Waals surface area contributed by atoms with Gasteiger partial charge in [0.1, 0.15) is 0 Å². The molecule has 1 aliphatic rings. The van der Waals surface area contributed by atoms with Gasteiger partial charge >= 0.3 is 0 Å². The van der Waals surface area contributed by atoms with Crippen LogP contribution in [0.1, 0.15) is 67.1 Å². The number of benzene rings is 2. The normalized spacial score (nSPS) is 18.7. The molecule has 0 N–H and O–H groups in total. The van der Waals surface area contributed by atoms with E-state index in [1.807, 2.05) is 60.7 Å². The monoisotopic (exact) mass is 418 g/mol. The molecule has 0 fully saturated rings. The van der Waals surface area contributed by atoms with Crippen LogP contribution < -0.4 is 0 Å². The number of aromatic nitrogens is 2. The van der Waals surface area contributed by atoms with Crippen molar-refractivity contribution in [2.24, 2.45) is 5.92 Å². The number of hydrogen-bond acceptors (Lipinski definition) is 2. The molecule has 1 aromatic heterocycles. The number of carbonyl (C=O) groups is 1. The Kier molecular flexibility index (Phi) is 5.92. The molecule has 0 spiro atoms. The second-order valence-electron chi connectivity index (χ2n) is 8.48. The van der Waals surface area contributed by atoms with Crippen LogP contribution in [0.4, 0.5) is 0 Å². The molecule has 0 amide bonds. The van der Waals surface area contributed by atoms with Crippen molar-refractivity contribution in [2.75, 3.05) is 0 Å². The van der Waals surface area contributed by atoms with Crippen molar-refractivity contribution in [1.82, 2.24) is 9.78 Å². The molecule has 0 radical (unpaired) electrons. The number of halogens is 1. The van der Waals surface area contributed by atoms with E-state index in [2.05, 4.69) is 20.8 Å². The van der Waals surface area contributed by atoms with Gasteiger partial charge in [0.25, 0.3) is 5.91 Å². The van der Waals surface area contributed by atoms with Crippen LogP contribution >= 0.6 is 11.6 Å². The lowest BCUT2D eigenvalue weighted by molar-refractivity contribution is 0.0947. The zero-order chi connectivity index (χ0) is 21.3. The number of fused-ring (bicyclic) bond motifs is 1. The predicted molar refractivity (Wildman–Crippen MR) is 124 cm³/mol. The molecule has 3 aromatic rings. The lowest BCUT2D eigenvalue weighted by atomic mass is 9.75. The van der Waals surface area contributed by atoms with Crippen LogP contribution in [-0.2, 0) is 0 Å². The highest BCUT2D eigenvalue weighted by atomic mass is 35.5. The van der Waals surface area contributed by atoms with Crippen LogP contribution in [0, 0.1) is 5.92 Å². The van der Waals surface area contributed by atoms with E-state index in [4.69, 9.17) is 16.7 Å². The average molecular weight is 419 g/mol. The summed E-state index contributed by atoms with van der Waals surface area (Å²) in [5.74, 6) is 1.02. The minimum atomic E-state index is -0.102. The Morgan fingerprint density at radius 1 is 1.10 bits per heavy atom. The lowest BCUT2D eigenvalue weighted by Crippen LogP contribution is -2.23. The van der Waals surface area contributed by atoms with Gasteiger partial charge in [-0.1, -0.05) is 74.8 Å². The molecule has 30 heavy (non-hydrogen) atoms. The van der Waals surface area contributed by atoms with E-state index in [1.165, 1.54) is 5.56 Å². The van der Waals surface area contributed by atoms with E-state index in [-0.39, 0.29) is 5.91 Å². The minimum absolute atomic E-state index is 0.102. The Morgan fingerprint density at radius 3 is 2.47 bits per heavy atom. The maximum Gasteiger partial charge on any atom is 0.271 e. The van der Waals surface area contributed by atoms with Crippen LogP contribution in [-0.4, -0.2) is 15.7 Å². The van der Waals surface area contributed by atoms with Crippen molar-refractivity contribution >= 4 is 23.6 Å². The molecular weight excluding hydrogens is 392 g/mol. The summed E-state index contributed by atoms with van der Waals surface area (Å²) in [6, 6.07) is 17.6. The van der Waals surface area contributed by atoms with Crippen LogP contribution in [0.2, 0.25) is 5.02 Å². The summed E-state index contributed by atoms with van der Waals surface area (Å²) in [5.41, 5.74) is 5.20. The minimum Gasteiger partial charge on any atom is -0.267 e. The number of allylic oxidation sites excluding steroid dienone is 1. The standard InChI is InChI=1S/C26H27ClN2O/c1-17(2)22-15-9-18(3)24-25(20-11-13-21(27)14-12-20)28-29(26(22)24)23(30)16-10-19-7-5-4-6-8-19/h4-8,10-14,16-18,22H,9,15H2,1-3H3/b16-10+/t18-,22-/m0/s1. The molecule has 0 bridgehead atoms. The van der Waals surface area contributed by atoms with Gasteiger partial charge in [-0.25, -0.2) is 4.68 Å². The Morgan fingerprint density at radius 2 is 1.80 bits per heavy atom. The van der Waals surface area contributed by atoms with Gasteiger partial charge in [-0.05, 0) is 48.4 Å². The van der Waals surface area contributed by atoms with Crippen LogP contribution in [0.15, 0.2) is 60.7 Å². The molecule has 1 aliphatic carbocycles. The molecule has 154 valence electrons. The SMILES string of the molecule is CC(C)[C@@H]1CC[C@H](C)c2c(-c3ccc(Cl)cc3)nn(C(=O)/C=C/c3ccccc3)c21. The topological polar surface area (TPSA) is 34.9 Å². The molecule has 0 saturated carbocycles. The smallest absolute Gasteiger partial charge is 0.267 e. The fourth-order valence-corrected chi connectivity index (χ4v) is 4.56. The van der Waals surface area contributed by atoms with E-state index in [0.717, 1.165) is 35.4 Å². The predicted octanol–water partition coefficient (Wildman–Crippen LogP) is 7.19. The maximum atomic E-state index is 13.3. The molecular formula is C26H27ClN2O. The van der Waals surface area contributed by atoms with Crippen molar-refractivity contribution in [3.8, 4) is 11.3 Å². The van der Waals surface area contributed by atoms with E-state index < -0.39 is 0 Å². The highest BCUT2D eigenvalue weighted by molar-refractivity contribution is 6.30. The number of hydrogen-bond donors (Lipinski definition) is 0. The van der Waals surface area contributed by atoms with E-state index >= 15 is 0 Å². The van der Waals surface area contributed by atoms with Gasteiger partial charge in [0.2, 0.25) is 0 Å². The molecule has 3 nitrogen and oxygen atoms in total. The first-order chi connectivity index (χ1) is 14.5. The van der Waals surface area contributed by atoms with Gasteiger partial charge < -0.3 is 0 Å². The summed E-state index contributed by atoms with van der Waals surface area (Å²) in [7, 11) is 0. The van der Waals surface area contributed by atoms with Gasteiger partial charge in [-0.15, -0.1) is 0 Å².